The normalized spacial score (nSPS) is 11.2. The van der Waals surface area contributed by atoms with Gasteiger partial charge in [-0.25, -0.2) is 0 Å². The molecular formula is C19H17N3O2S. The largest absolute Gasteiger partial charge is 0.468 e. The van der Waals surface area contributed by atoms with Crippen LogP contribution in [-0.4, -0.2) is 15.1 Å². The molecule has 0 unspecified atom stereocenters. The van der Waals surface area contributed by atoms with Gasteiger partial charge in [-0.05, 0) is 35.7 Å². The number of thiophene rings is 1. The molecule has 0 aliphatic heterocycles. The Labute approximate surface area is 149 Å². The Morgan fingerprint density at radius 2 is 1.80 bits per heavy atom. The molecule has 3 heterocycles. The van der Waals surface area contributed by atoms with Crippen LogP contribution in [0.3, 0.4) is 0 Å². The molecule has 3 aromatic heterocycles. The zero-order chi connectivity index (χ0) is 16.9. The van der Waals surface area contributed by atoms with Crippen molar-refractivity contribution >= 4 is 11.3 Å². The van der Waals surface area contributed by atoms with Gasteiger partial charge in [-0.1, -0.05) is 24.3 Å². The SMILES string of the molecule is c1ccc(-c2nnc(CN(Cc3ccco3)Cc3cccs3)o2)cc1. The number of rotatable bonds is 7. The lowest BCUT2D eigenvalue weighted by molar-refractivity contribution is 0.208. The summed E-state index contributed by atoms with van der Waals surface area (Å²) in [5, 5.41) is 10.5. The van der Waals surface area contributed by atoms with Crippen molar-refractivity contribution in [2.45, 2.75) is 19.6 Å². The Kier molecular flexibility index (Phi) is 4.72. The summed E-state index contributed by atoms with van der Waals surface area (Å²) in [7, 11) is 0. The van der Waals surface area contributed by atoms with Gasteiger partial charge in [0.05, 0.1) is 19.4 Å². The van der Waals surface area contributed by atoms with E-state index in [1.807, 2.05) is 42.5 Å². The highest BCUT2D eigenvalue weighted by Gasteiger charge is 2.15. The second-order valence-electron chi connectivity index (χ2n) is 5.67. The number of nitrogens with zero attached hydrogens (tertiary/aromatic N) is 3. The van der Waals surface area contributed by atoms with Gasteiger partial charge < -0.3 is 8.83 Å². The molecule has 4 aromatic rings. The maximum Gasteiger partial charge on any atom is 0.247 e. The van der Waals surface area contributed by atoms with Crippen molar-refractivity contribution in [1.82, 2.24) is 15.1 Å². The quantitative estimate of drug-likeness (QED) is 0.487. The van der Waals surface area contributed by atoms with Crippen molar-refractivity contribution in [3.05, 3.63) is 82.8 Å². The van der Waals surface area contributed by atoms with E-state index in [1.165, 1.54) is 4.88 Å². The van der Waals surface area contributed by atoms with Crippen molar-refractivity contribution in [2.24, 2.45) is 0 Å². The second kappa shape index (κ2) is 7.46. The molecule has 6 heteroatoms. The first kappa shape index (κ1) is 15.8. The van der Waals surface area contributed by atoms with E-state index < -0.39 is 0 Å². The summed E-state index contributed by atoms with van der Waals surface area (Å²) in [6.45, 7) is 2.06. The third-order valence-electron chi connectivity index (χ3n) is 3.77. The molecule has 0 bridgehead atoms. The lowest BCUT2D eigenvalue weighted by atomic mass is 10.2. The highest BCUT2D eigenvalue weighted by Crippen LogP contribution is 2.20. The fourth-order valence-electron chi connectivity index (χ4n) is 2.62. The average molecular weight is 351 g/mol. The third-order valence-corrected chi connectivity index (χ3v) is 4.63. The zero-order valence-electron chi connectivity index (χ0n) is 13.5. The Bertz CT molecular complexity index is 850. The van der Waals surface area contributed by atoms with E-state index in [2.05, 4.69) is 32.6 Å². The summed E-state index contributed by atoms with van der Waals surface area (Å²) >= 11 is 1.74. The Balaban J connectivity index is 1.50. The first-order valence-corrected chi connectivity index (χ1v) is 8.90. The molecule has 0 N–H and O–H groups in total. The molecule has 0 radical (unpaired) electrons. The van der Waals surface area contributed by atoms with Gasteiger partial charge in [-0.15, -0.1) is 21.5 Å². The summed E-state index contributed by atoms with van der Waals surface area (Å²) < 4.78 is 11.3. The Morgan fingerprint density at radius 3 is 2.56 bits per heavy atom. The van der Waals surface area contributed by atoms with Crippen molar-refractivity contribution in [3.8, 4) is 11.5 Å². The molecule has 0 spiro atoms. The number of benzene rings is 1. The minimum Gasteiger partial charge on any atom is -0.468 e. The minimum atomic E-state index is 0.546. The molecule has 0 atom stereocenters. The van der Waals surface area contributed by atoms with E-state index in [4.69, 9.17) is 8.83 Å². The summed E-state index contributed by atoms with van der Waals surface area (Å²) in [6.07, 6.45) is 1.69. The van der Waals surface area contributed by atoms with E-state index in [-0.39, 0.29) is 0 Å². The van der Waals surface area contributed by atoms with Crippen LogP contribution in [0.4, 0.5) is 0 Å². The van der Waals surface area contributed by atoms with Crippen LogP contribution in [0.15, 0.2) is 75.1 Å². The first-order valence-electron chi connectivity index (χ1n) is 8.02. The van der Waals surface area contributed by atoms with Gasteiger partial charge in [0.1, 0.15) is 5.76 Å². The van der Waals surface area contributed by atoms with Crippen molar-refractivity contribution in [1.29, 1.82) is 0 Å². The zero-order valence-corrected chi connectivity index (χ0v) is 14.4. The number of hydrogen-bond donors (Lipinski definition) is 0. The monoisotopic (exact) mass is 351 g/mol. The van der Waals surface area contributed by atoms with Crippen LogP contribution < -0.4 is 0 Å². The lowest BCUT2D eigenvalue weighted by Gasteiger charge is -2.18. The van der Waals surface area contributed by atoms with Crippen LogP contribution in [-0.2, 0) is 19.6 Å². The van der Waals surface area contributed by atoms with Crippen LogP contribution >= 0.6 is 11.3 Å². The van der Waals surface area contributed by atoms with E-state index >= 15 is 0 Å². The van der Waals surface area contributed by atoms with Crippen molar-refractivity contribution in [2.75, 3.05) is 0 Å². The first-order chi connectivity index (χ1) is 12.4. The molecule has 0 amide bonds. The number of aromatic nitrogens is 2. The predicted molar refractivity (Wildman–Crippen MR) is 95.7 cm³/mol. The molecule has 0 saturated carbocycles. The summed E-state index contributed by atoms with van der Waals surface area (Å²) in [4.78, 5) is 3.52. The highest BCUT2D eigenvalue weighted by molar-refractivity contribution is 7.09. The van der Waals surface area contributed by atoms with Crippen molar-refractivity contribution in [3.63, 3.8) is 0 Å². The van der Waals surface area contributed by atoms with Crippen LogP contribution in [0.5, 0.6) is 0 Å². The van der Waals surface area contributed by atoms with Gasteiger partial charge in [0.25, 0.3) is 0 Å². The number of furan rings is 1. The maximum absolute atomic E-state index is 5.85. The van der Waals surface area contributed by atoms with E-state index in [1.54, 1.807) is 17.6 Å². The summed E-state index contributed by atoms with van der Waals surface area (Å²) in [5.41, 5.74) is 0.928. The van der Waals surface area contributed by atoms with Crippen LogP contribution in [0.1, 0.15) is 16.5 Å². The van der Waals surface area contributed by atoms with Gasteiger partial charge in [0, 0.05) is 17.0 Å². The molecule has 0 aliphatic carbocycles. The Morgan fingerprint density at radius 1 is 0.880 bits per heavy atom. The van der Waals surface area contributed by atoms with E-state index in [0.29, 0.717) is 24.9 Å². The lowest BCUT2D eigenvalue weighted by Crippen LogP contribution is -2.21. The van der Waals surface area contributed by atoms with Crippen LogP contribution in [0.2, 0.25) is 0 Å². The Hall–Kier alpha value is -2.70. The smallest absolute Gasteiger partial charge is 0.247 e. The molecule has 1 aromatic carbocycles. The van der Waals surface area contributed by atoms with Gasteiger partial charge in [-0.3, -0.25) is 4.90 Å². The highest BCUT2D eigenvalue weighted by atomic mass is 32.1. The third kappa shape index (κ3) is 4.04. The molecule has 4 rings (SSSR count). The standard InChI is InChI=1S/C19H17N3O2S/c1-2-6-15(7-3-1)19-21-20-18(24-19)14-22(12-16-8-4-10-23-16)13-17-9-5-11-25-17/h1-11H,12-14H2. The van der Waals surface area contributed by atoms with Gasteiger partial charge in [-0.2, -0.15) is 0 Å². The van der Waals surface area contributed by atoms with Crippen molar-refractivity contribution < 1.29 is 8.83 Å². The molecule has 0 aliphatic rings. The topological polar surface area (TPSA) is 55.3 Å². The molecule has 0 saturated heterocycles. The summed E-state index contributed by atoms with van der Waals surface area (Å²) in [5.74, 6) is 2.06. The van der Waals surface area contributed by atoms with E-state index in [9.17, 15) is 0 Å². The van der Waals surface area contributed by atoms with Gasteiger partial charge >= 0.3 is 0 Å². The molecule has 25 heavy (non-hydrogen) atoms. The predicted octanol–water partition coefficient (Wildman–Crippen LogP) is 4.59. The fourth-order valence-corrected chi connectivity index (χ4v) is 3.37. The van der Waals surface area contributed by atoms with E-state index in [0.717, 1.165) is 17.9 Å². The minimum absolute atomic E-state index is 0.546. The molecule has 126 valence electrons. The maximum atomic E-state index is 5.85. The van der Waals surface area contributed by atoms with Crippen LogP contribution in [0, 0.1) is 0 Å². The number of hydrogen-bond acceptors (Lipinski definition) is 6. The van der Waals surface area contributed by atoms with Gasteiger partial charge in [0.2, 0.25) is 11.8 Å². The second-order valence-corrected chi connectivity index (χ2v) is 6.70. The summed E-state index contributed by atoms with van der Waals surface area (Å²) in [6, 6.07) is 17.9. The molecule has 0 fully saturated rings. The fraction of sp³-hybridized carbons (Fsp3) is 0.158. The average Bonchev–Trinajstić information content (AvgIpc) is 3.38. The van der Waals surface area contributed by atoms with Crippen LogP contribution in [0.25, 0.3) is 11.5 Å². The molecule has 5 nitrogen and oxygen atoms in total. The van der Waals surface area contributed by atoms with Gasteiger partial charge in [0.15, 0.2) is 0 Å². The molecular weight excluding hydrogens is 334 g/mol.